The number of rotatable bonds is 4. The number of carbonyl (C=O) groups is 2. The second-order valence-electron chi connectivity index (χ2n) is 7.42. The largest absolute Gasteiger partial charge is 0.465 e. The van der Waals surface area contributed by atoms with Crippen LogP contribution in [-0.4, -0.2) is 48.2 Å². The van der Waals surface area contributed by atoms with Gasteiger partial charge in [-0.05, 0) is 55.3 Å². The fourth-order valence-corrected chi connectivity index (χ4v) is 4.07. The first kappa shape index (κ1) is 22.2. The normalized spacial score (nSPS) is 14.3. The van der Waals surface area contributed by atoms with Crippen molar-refractivity contribution in [3.8, 4) is 0 Å². The summed E-state index contributed by atoms with van der Waals surface area (Å²) < 4.78 is 5.92. The number of fused-ring (bicyclic) bond motifs is 1. The van der Waals surface area contributed by atoms with E-state index in [-0.39, 0.29) is 12.1 Å². The van der Waals surface area contributed by atoms with Gasteiger partial charge in [0.2, 0.25) is 0 Å². The number of urea groups is 1. The lowest BCUT2D eigenvalue weighted by Gasteiger charge is -2.34. The number of methoxy groups -OCH3 is 1. The summed E-state index contributed by atoms with van der Waals surface area (Å²) in [6, 6.07) is 11.8. The van der Waals surface area contributed by atoms with Crippen LogP contribution in [0.5, 0.6) is 0 Å². The lowest BCUT2D eigenvalue weighted by molar-refractivity contribution is 0.0600. The van der Waals surface area contributed by atoms with Crippen LogP contribution >= 0.6 is 24.4 Å². The molecule has 0 radical (unpaired) electrons. The molecule has 4 rings (SSSR count). The summed E-state index contributed by atoms with van der Waals surface area (Å²) in [5.41, 5.74) is 1.77. The highest BCUT2D eigenvalue weighted by atomic mass is 35.5. The highest BCUT2D eigenvalue weighted by Crippen LogP contribution is 2.27. The number of halogens is 1. The molecule has 3 aromatic rings. The van der Waals surface area contributed by atoms with Crippen molar-refractivity contribution in [1.29, 1.82) is 0 Å². The predicted molar refractivity (Wildman–Crippen MR) is 128 cm³/mol. The third-order valence-electron chi connectivity index (χ3n) is 5.42. The lowest BCUT2D eigenvalue weighted by Crippen LogP contribution is -2.47. The number of anilines is 2. The molecule has 0 bridgehead atoms. The van der Waals surface area contributed by atoms with E-state index >= 15 is 0 Å². The van der Waals surface area contributed by atoms with Gasteiger partial charge in [0.05, 0.1) is 23.9 Å². The van der Waals surface area contributed by atoms with Crippen LogP contribution in [0.3, 0.4) is 0 Å². The van der Waals surface area contributed by atoms with E-state index in [1.807, 2.05) is 18.2 Å². The fourth-order valence-electron chi connectivity index (χ4n) is 3.71. The number of amides is 2. The van der Waals surface area contributed by atoms with E-state index in [1.165, 1.54) is 11.4 Å². The summed E-state index contributed by atoms with van der Waals surface area (Å²) >= 11 is 10.4. The number of hydrogen-bond donors (Lipinski definition) is 2. The molecule has 8 nitrogen and oxygen atoms in total. The number of aromatic nitrogens is 2. The number of nitrogens with zero attached hydrogens (tertiary/aromatic N) is 4. The highest BCUT2D eigenvalue weighted by Gasteiger charge is 2.24. The summed E-state index contributed by atoms with van der Waals surface area (Å²) in [7, 11) is 1.32. The van der Waals surface area contributed by atoms with Crippen LogP contribution in [0, 0.1) is 0 Å². The van der Waals surface area contributed by atoms with Crippen molar-refractivity contribution in [2.75, 3.05) is 29.4 Å². The Labute approximate surface area is 196 Å². The minimum atomic E-state index is -0.432. The Kier molecular flexibility index (Phi) is 6.66. The smallest absolute Gasteiger partial charge is 0.337 e. The molecule has 0 saturated carbocycles. The molecule has 10 heteroatoms. The van der Waals surface area contributed by atoms with Gasteiger partial charge in [-0.15, -0.1) is 0 Å². The maximum atomic E-state index is 12.6. The van der Waals surface area contributed by atoms with Gasteiger partial charge in [-0.3, -0.25) is 0 Å². The van der Waals surface area contributed by atoms with Crippen LogP contribution in [-0.2, 0) is 4.74 Å². The van der Waals surface area contributed by atoms with Gasteiger partial charge in [0, 0.05) is 29.5 Å². The van der Waals surface area contributed by atoms with E-state index in [0.29, 0.717) is 16.3 Å². The lowest BCUT2D eigenvalue weighted by atomic mass is 10.0. The topological polar surface area (TPSA) is 87.7 Å². The first-order valence-electron chi connectivity index (χ1n) is 10.1. The van der Waals surface area contributed by atoms with Gasteiger partial charge in [0.25, 0.3) is 0 Å². The van der Waals surface area contributed by atoms with Crippen LogP contribution in [0.2, 0.25) is 5.02 Å². The number of benzene rings is 2. The maximum absolute atomic E-state index is 12.6. The van der Waals surface area contributed by atoms with E-state index in [2.05, 4.69) is 37.7 Å². The highest BCUT2D eigenvalue weighted by molar-refractivity contribution is 7.82. The number of piperidine rings is 1. The molecule has 1 saturated heterocycles. The fraction of sp³-hybridized carbons (Fsp3) is 0.273. The van der Waals surface area contributed by atoms with Crippen molar-refractivity contribution in [3.63, 3.8) is 0 Å². The molecule has 1 fully saturated rings. The van der Waals surface area contributed by atoms with Gasteiger partial charge in [-0.2, -0.15) is 0 Å². The minimum Gasteiger partial charge on any atom is -0.465 e. The van der Waals surface area contributed by atoms with Crippen molar-refractivity contribution in [2.24, 2.45) is 0 Å². The number of nitrogens with one attached hydrogen (secondary N) is 1. The molecule has 2 aromatic carbocycles. The molecule has 0 atom stereocenters. The van der Waals surface area contributed by atoms with E-state index in [0.717, 1.165) is 42.7 Å². The number of carbonyl (C=O) groups excluding carboxylic acids is 2. The molecule has 1 aliphatic rings. The molecule has 0 spiro atoms. The molecule has 0 aliphatic carbocycles. The van der Waals surface area contributed by atoms with Crippen LogP contribution in [0.15, 0.2) is 48.8 Å². The average molecular weight is 472 g/mol. The zero-order valence-corrected chi connectivity index (χ0v) is 19.0. The summed E-state index contributed by atoms with van der Waals surface area (Å²) in [6.07, 6.45) is 3.09. The summed E-state index contributed by atoms with van der Waals surface area (Å²) in [6.45, 7) is 1.50. The Hall–Kier alpha value is -3.04. The Morgan fingerprint density at radius 1 is 1.16 bits per heavy atom. The molecule has 166 valence electrons. The summed E-state index contributed by atoms with van der Waals surface area (Å²) in [4.78, 5) is 35.2. The summed E-state index contributed by atoms with van der Waals surface area (Å²) in [5, 5.41) is 4.62. The van der Waals surface area contributed by atoms with E-state index in [1.54, 1.807) is 30.6 Å². The molecule has 32 heavy (non-hydrogen) atoms. The maximum Gasteiger partial charge on any atom is 0.337 e. The quantitative estimate of drug-likeness (QED) is 0.440. The van der Waals surface area contributed by atoms with Crippen molar-refractivity contribution in [2.45, 2.75) is 18.9 Å². The Morgan fingerprint density at radius 3 is 2.56 bits per heavy atom. The zero-order chi connectivity index (χ0) is 22.7. The molecular weight excluding hydrogens is 450 g/mol. The van der Waals surface area contributed by atoms with Crippen LogP contribution in [0.4, 0.5) is 16.3 Å². The molecule has 1 aromatic heterocycles. The summed E-state index contributed by atoms with van der Waals surface area (Å²) in [5.74, 6) is 0.441. The monoisotopic (exact) mass is 471 g/mol. The van der Waals surface area contributed by atoms with Crippen LogP contribution in [0.1, 0.15) is 23.2 Å². The number of hydrogen-bond acceptors (Lipinski definition) is 7. The van der Waals surface area contributed by atoms with Crippen LogP contribution in [0.25, 0.3) is 10.9 Å². The number of thiol groups is 1. The standard InChI is InChI=1S/C22H22ClN5O3S/c1-31-21(29)14-2-5-17(6-3-14)28(32)22(30)26-16-8-10-27(11-9-16)20-18-7-4-15(23)12-19(18)24-13-25-20/h2-7,12-13,16,32H,8-11H2,1H3,(H,26,30). The van der Waals surface area contributed by atoms with Gasteiger partial charge < -0.3 is 15.0 Å². The zero-order valence-electron chi connectivity index (χ0n) is 17.4. The number of ether oxygens (including phenoxy) is 1. The SMILES string of the molecule is COC(=O)c1ccc(N(S)C(=O)NC2CCN(c3ncnc4cc(Cl)ccc34)CC2)cc1. The Morgan fingerprint density at radius 2 is 1.88 bits per heavy atom. The second kappa shape index (κ2) is 9.62. The molecule has 0 unspecified atom stereocenters. The van der Waals surface area contributed by atoms with Gasteiger partial charge in [-0.1, -0.05) is 24.4 Å². The third kappa shape index (κ3) is 4.73. The first-order valence-corrected chi connectivity index (χ1v) is 10.9. The molecular formula is C22H22ClN5O3S. The first-order chi connectivity index (χ1) is 15.5. The molecule has 2 heterocycles. The van der Waals surface area contributed by atoms with E-state index in [9.17, 15) is 9.59 Å². The van der Waals surface area contributed by atoms with Gasteiger partial charge >= 0.3 is 12.0 Å². The van der Waals surface area contributed by atoms with Crippen molar-refractivity contribution in [1.82, 2.24) is 15.3 Å². The molecule has 1 N–H and O–H groups in total. The Balaban J connectivity index is 1.36. The van der Waals surface area contributed by atoms with Gasteiger partial charge in [-0.25, -0.2) is 23.9 Å². The second-order valence-corrected chi connectivity index (χ2v) is 8.26. The Bertz CT molecular complexity index is 1140. The number of esters is 1. The molecule has 1 aliphatic heterocycles. The average Bonchev–Trinajstić information content (AvgIpc) is 2.83. The van der Waals surface area contributed by atoms with E-state index < -0.39 is 5.97 Å². The van der Waals surface area contributed by atoms with Crippen LogP contribution < -0.4 is 14.5 Å². The van der Waals surface area contributed by atoms with Crippen molar-refractivity contribution < 1.29 is 14.3 Å². The third-order valence-corrected chi connectivity index (χ3v) is 6.07. The van der Waals surface area contributed by atoms with Crippen molar-refractivity contribution >= 4 is 58.8 Å². The predicted octanol–water partition coefficient (Wildman–Crippen LogP) is 4.10. The van der Waals surface area contributed by atoms with Crippen molar-refractivity contribution in [3.05, 3.63) is 59.4 Å². The minimum absolute atomic E-state index is 0.0188. The van der Waals surface area contributed by atoms with Gasteiger partial charge in [0.1, 0.15) is 12.1 Å². The van der Waals surface area contributed by atoms with Gasteiger partial charge in [0.15, 0.2) is 0 Å². The van der Waals surface area contributed by atoms with E-state index in [4.69, 9.17) is 11.6 Å². The molecule has 2 amide bonds.